The largest absolute Gasteiger partial charge is 0.299 e. The maximum atomic E-state index is 8.67. The quantitative estimate of drug-likeness (QED) is 0.733. The number of hydrogen-bond donors (Lipinski definition) is 2. The summed E-state index contributed by atoms with van der Waals surface area (Å²) in [6.07, 6.45) is 6.41. The summed E-state index contributed by atoms with van der Waals surface area (Å²) in [5.41, 5.74) is 1.36. The van der Waals surface area contributed by atoms with Crippen LogP contribution in [0.25, 0.3) is 0 Å². The zero-order chi connectivity index (χ0) is 12.0. The minimum atomic E-state index is -2.61. The molecule has 1 aromatic heterocycles. The first-order valence-electron chi connectivity index (χ1n) is 5.01. The summed E-state index contributed by atoms with van der Waals surface area (Å²) in [7, 11) is 2.19. The van der Waals surface area contributed by atoms with Crippen molar-refractivity contribution in [1.29, 1.82) is 0 Å². The van der Waals surface area contributed by atoms with Gasteiger partial charge in [0.1, 0.15) is 0 Å². The lowest BCUT2D eigenvalue weighted by molar-refractivity contribution is 0.317. The highest BCUT2D eigenvalue weighted by atomic mass is 32.2. The summed E-state index contributed by atoms with van der Waals surface area (Å²) in [5.74, 6) is 0. The smallest absolute Gasteiger partial charge is 0.299 e. The first kappa shape index (κ1) is 13.2. The van der Waals surface area contributed by atoms with Gasteiger partial charge in [-0.3, -0.25) is 19.0 Å². The molecular weight excluding hydrogens is 228 g/mol. The van der Waals surface area contributed by atoms with Crippen LogP contribution < -0.4 is 0 Å². The lowest BCUT2D eigenvalue weighted by Gasteiger charge is -2.18. The number of likely N-dealkylation sites (tertiary alicyclic amines) is 1. The molecule has 1 saturated heterocycles. The Labute approximate surface area is 97.6 Å². The van der Waals surface area contributed by atoms with Gasteiger partial charge in [-0.15, -0.1) is 0 Å². The van der Waals surface area contributed by atoms with Crippen LogP contribution in [0.2, 0.25) is 0 Å². The molecular formula is C10H16N2O3S. The molecule has 1 atom stereocenters. The summed E-state index contributed by atoms with van der Waals surface area (Å²) in [4.78, 5) is 6.54. The first-order valence-corrected chi connectivity index (χ1v) is 6.07. The standard InChI is InChI=1S/C10H14N2.H2O3S/c1-12-7-3-5-10(12)9-4-2-6-11-8-9;1-4(2)3/h2,4,6,8,10H,3,5,7H2,1H3;(H2,1,2,3). The van der Waals surface area contributed by atoms with Gasteiger partial charge in [-0.2, -0.15) is 4.21 Å². The van der Waals surface area contributed by atoms with E-state index in [0.717, 1.165) is 0 Å². The Morgan fingerprint density at radius 2 is 2.25 bits per heavy atom. The lowest BCUT2D eigenvalue weighted by Crippen LogP contribution is -2.17. The van der Waals surface area contributed by atoms with Gasteiger partial charge < -0.3 is 0 Å². The SMILES string of the molecule is CN1CCCC1c1cccnc1.O=S(O)O. The van der Waals surface area contributed by atoms with Crippen LogP contribution in [0.3, 0.4) is 0 Å². The van der Waals surface area contributed by atoms with Gasteiger partial charge in [-0.05, 0) is 38.1 Å². The van der Waals surface area contributed by atoms with Crippen molar-refractivity contribution in [3.63, 3.8) is 0 Å². The van der Waals surface area contributed by atoms with Gasteiger partial charge in [-0.25, -0.2) is 0 Å². The van der Waals surface area contributed by atoms with E-state index < -0.39 is 11.4 Å². The Morgan fingerprint density at radius 1 is 1.56 bits per heavy atom. The molecule has 6 heteroatoms. The second kappa shape index (κ2) is 6.70. The molecule has 1 fully saturated rings. The fourth-order valence-corrected chi connectivity index (χ4v) is 1.90. The van der Waals surface area contributed by atoms with Gasteiger partial charge in [0.2, 0.25) is 0 Å². The van der Waals surface area contributed by atoms with Gasteiger partial charge in [0.15, 0.2) is 0 Å². The Morgan fingerprint density at radius 3 is 2.69 bits per heavy atom. The van der Waals surface area contributed by atoms with Crippen LogP contribution in [-0.4, -0.2) is 36.8 Å². The molecule has 90 valence electrons. The van der Waals surface area contributed by atoms with Gasteiger partial charge in [0, 0.05) is 18.4 Å². The third kappa shape index (κ3) is 4.36. The van der Waals surface area contributed by atoms with E-state index in [2.05, 4.69) is 23.0 Å². The van der Waals surface area contributed by atoms with Crippen molar-refractivity contribution in [3.05, 3.63) is 30.1 Å². The van der Waals surface area contributed by atoms with Crippen molar-refractivity contribution in [2.24, 2.45) is 0 Å². The summed E-state index contributed by atoms with van der Waals surface area (Å²) in [6, 6.07) is 4.79. The number of hydrogen-bond acceptors (Lipinski definition) is 3. The Hall–Kier alpha value is -0.820. The Kier molecular flexibility index (Phi) is 5.54. The van der Waals surface area contributed by atoms with Crippen molar-refractivity contribution in [1.82, 2.24) is 9.88 Å². The summed E-state index contributed by atoms with van der Waals surface area (Å²) < 4.78 is 22.8. The molecule has 0 saturated carbocycles. The Bertz CT molecular complexity index is 330. The fourth-order valence-electron chi connectivity index (χ4n) is 1.90. The maximum Gasteiger partial charge on any atom is 0.299 e. The van der Waals surface area contributed by atoms with Crippen molar-refractivity contribution < 1.29 is 13.3 Å². The minimum absolute atomic E-state index is 0.610. The predicted molar refractivity (Wildman–Crippen MR) is 62.2 cm³/mol. The van der Waals surface area contributed by atoms with E-state index in [9.17, 15) is 0 Å². The summed E-state index contributed by atoms with van der Waals surface area (Å²) >= 11 is -2.61. The molecule has 1 aliphatic heterocycles. The van der Waals surface area contributed by atoms with E-state index in [0.29, 0.717) is 6.04 Å². The number of rotatable bonds is 1. The fraction of sp³-hybridized carbons (Fsp3) is 0.500. The van der Waals surface area contributed by atoms with Gasteiger partial charge in [0.25, 0.3) is 11.4 Å². The van der Waals surface area contributed by atoms with E-state index in [1.165, 1.54) is 24.9 Å². The number of aromatic nitrogens is 1. The molecule has 16 heavy (non-hydrogen) atoms. The van der Waals surface area contributed by atoms with Crippen molar-refractivity contribution in [3.8, 4) is 0 Å². The molecule has 0 aliphatic carbocycles. The zero-order valence-electron chi connectivity index (χ0n) is 9.11. The highest BCUT2D eigenvalue weighted by Gasteiger charge is 2.21. The van der Waals surface area contributed by atoms with E-state index in [1.54, 1.807) is 0 Å². The Balaban J connectivity index is 0.000000280. The predicted octanol–water partition coefficient (Wildman–Crippen LogP) is 1.53. The monoisotopic (exact) mass is 244 g/mol. The third-order valence-electron chi connectivity index (χ3n) is 2.59. The normalized spacial score (nSPS) is 20.6. The zero-order valence-corrected chi connectivity index (χ0v) is 9.93. The van der Waals surface area contributed by atoms with Crippen molar-refractivity contribution >= 4 is 11.4 Å². The molecule has 2 N–H and O–H groups in total. The molecule has 1 unspecified atom stereocenters. The van der Waals surface area contributed by atoms with Crippen LogP contribution in [-0.2, 0) is 11.4 Å². The van der Waals surface area contributed by atoms with Crippen molar-refractivity contribution in [2.75, 3.05) is 13.6 Å². The second-order valence-corrected chi connectivity index (χ2v) is 4.12. The molecule has 0 aromatic carbocycles. The van der Waals surface area contributed by atoms with Crippen LogP contribution in [0.1, 0.15) is 24.4 Å². The molecule has 0 amide bonds. The van der Waals surface area contributed by atoms with Crippen LogP contribution >= 0.6 is 0 Å². The van der Waals surface area contributed by atoms with Crippen LogP contribution in [0.5, 0.6) is 0 Å². The highest BCUT2D eigenvalue weighted by Crippen LogP contribution is 2.29. The lowest BCUT2D eigenvalue weighted by atomic mass is 10.1. The van der Waals surface area contributed by atoms with Crippen LogP contribution in [0.4, 0.5) is 0 Å². The third-order valence-corrected chi connectivity index (χ3v) is 2.59. The van der Waals surface area contributed by atoms with Crippen LogP contribution in [0, 0.1) is 0 Å². The molecule has 0 bridgehead atoms. The number of pyridine rings is 1. The first-order chi connectivity index (χ1) is 7.61. The molecule has 0 spiro atoms. The molecule has 1 aromatic rings. The van der Waals surface area contributed by atoms with Crippen LogP contribution in [0.15, 0.2) is 24.5 Å². The van der Waals surface area contributed by atoms with Gasteiger partial charge in [-0.1, -0.05) is 6.07 Å². The van der Waals surface area contributed by atoms with E-state index in [1.807, 2.05) is 18.5 Å². The number of nitrogens with zero attached hydrogens (tertiary/aromatic N) is 2. The highest BCUT2D eigenvalue weighted by molar-refractivity contribution is 7.73. The molecule has 5 nitrogen and oxygen atoms in total. The van der Waals surface area contributed by atoms with Crippen molar-refractivity contribution in [2.45, 2.75) is 18.9 Å². The van der Waals surface area contributed by atoms with Gasteiger partial charge >= 0.3 is 0 Å². The van der Waals surface area contributed by atoms with E-state index in [4.69, 9.17) is 13.3 Å². The molecule has 1 aliphatic rings. The second-order valence-electron chi connectivity index (χ2n) is 3.66. The summed E-state index contributed by atoms with van der Waals surface area (Å²) in [6.45, 7) is 1.22. The van der Waals surface area contributed by atoms with Gasteiger partial charge in [0.05, 0.1) is 0 Å². The molecule has 2 heterocycles. The molecule has 2 rings (SSSR count). The average Bonchev–Trinajstić information content (AvgIpc) is 2.65. The van der Waals surface area contributed by atoms with E-state index in [-0.39, 0.29) is 0 Å². The summed E-state index contributed by atoms with van der Waals surface area (Å²) in [5, 5.41) is 0. The van der Waals surface area contributed by atoms with E-state index >= 15 is 0 Å². The molecule has 0 radical (unpaired) electrons. The minimum Gasteiger partial charge on any atom is -0.299 e. The topological polar surface area (TPSA) is 73.7 Å². The maximum absolute atomic E-state index is 8.67. The average molecular weight is 244 g/mol.